The topological polar surface area (TPSA) is 59.4 Å². The normalized spacial score (nSPS) is 10.8. The zero-order valence-electron chi connectivity index (χ0n) is 14.2. The maximum atomic E-state index is 10.4. The van der Waals surface area contributed by atoms with Crippen molar-refractivity contribution in [2.24, 2.45) is 0 Å². The van der Waals surface area contributed by atoms with Gasteiger partial charge in [0.25, 0.3) is 0 Å². The van der Waals surface area contributed by atoms with Crippen molar-refractivity contribution in [3.05, 3.63) is 36.5 Å². The van der Waals surface area contributed by atoms with E-state index in [0.717, 1.165) is 48.9 Å². The van der Waals surface area contributed by atoms with Gasteiger partial charge in [-0.1, -0.05) is 56.7 Å². The van der Waals surface area contributed by atoms with Gasteiger partial charge in [-0.3, -0.25) is 9.78 Å². The van der Waals surface area contributed by atoms with E-state index >= 15 is 0 Å². The fraction of sp³-hybridized carbons (Fsp3) is 0.500. The van der Waals surface area contributed by atoms with Crippen molar-refractivity contribution in [1.82, 2.24) is 4.98 Å². The Kier molecular flexibility index (Phi) is 8.08. The number of para-hydroxylation sites is 1. The summed E-state index contributed by atoms with van der Waals surface area (Å²) < 4.78 is 5.88. The van der Waals surface area contributed by atoms with Crippen molar-refractivity contribution in [3.63, 3.8) is 0 Å². The molecule has 0 fully saturated rings. The molecule has 4 nitrogen and oxygen atoms in total. The van der Waals surface area contributed by atoms with Crippen LogP contribution < -0.4 is 4.74 Å². The zero-order chi connectivity index (χ0) is 17.0. The second kappa shape index (κ2) is 10.6. The molecule has 0 aliphatic rings. The molecule has 0 unspecified atom stereocenters. The highest BCUT2D eigenvalue weighted by atomic mass is 16.5. The van der Waals surface area contributed by atoms with Crippen molar-refractivity contribution in [2.75, 3.05) is 6.61 Å². The number of carboxylic acid groups (broad SMARTS) is 1. The van der Waals surface area contributed by atoms with Crippen molar-refractivity contribution < 1.29 is 14.6 Å². The van der Waals surface area contributed by atoms with Gasteiger partial charge in [-0.2, -0.15) is 0 Å². The predicted molar refractivity (Wildman–Crippen MR) is 96.4 cm³/mol. The average Bonchev–Trinajstić information content (AvgIpc) is 2.59. The lowest BCUT2D eigenvalue weighted by Gasteiger charge is -2.08. The molecule has 1 aromatic carbocycles. The molecule has 4 heteroatoms. The SMILES string of the molecule is O=C(O)CCCCCCCCCCOc1cccc2cccnc12. The monoisotopic (exact) mass is 329 g/mol. The van der Waals surface area contributed by atoms with Crippen LogP contribution in [0.15, 0.2) is 36.5 Å². The number of unbranched alkanes of at least 4 members (excludes halogenated alkanes) is 7. The number of hydrogen-bond acceptors (Lipinski definition) is 3. The van der Waals surface area contributed by atoms with Crippen LogP contribution in [0.25, 0.3) is 10.9 Å². The Hall–Kier alpha value is -2.10. The third kappa shape index (κ3) is 6.57. The molecule has 1 N–H and O–H groups in total. The lowest BCUT2D eigenvalue weighted by atomic mass is 10.1. The Morgan fingerprint density at radius 1 is 0.917 bits per heavy atom. The summed E-state index contributed by atoms with van der Waals surface area (Å²) in [4.78, 5) is 14.8. The van der Waals surface area contributed by atoms with Gasteiger partial charge in [0, 0.05) is 18.0 Å². The summed E-state index contributed by atoms with van der Waals surface area (Å²) in [5.41, 5.74) is 0.932. The summed E-state index contributed by atoms with van der Waals surface area (Å²) >= 11 is 0. The number of carboxylic acids is 1. The molecule has 130 valence electrons. The van der Waals surface area contributed by atoms with E-state index < -0.39 is 5.97 Å². The molecule has 0 aliphatic carbocycles. The maximum absolute atomic E-state index is 10.4. The first-order valence-corrected chi connectivity index (χ1v) is 8.96. The summed E-state index contributed by atoms with van der Waals surface area (Å²) in [7, 11) is 0. The largest absolute Gasteiger partial charge is 0.491 e. The number of pyridine rings is 1. The Bertz CT molecular complexity index is 622. The van der Waals surface area contributed by atoms with Gasteiger partial charge in [0.1, 0.15) is 11.3 Å². The van der Waals surface area contributed by atoms with Crippen molar-refractivity contribution in [2.45, 2.75) is 57.8 Å². The summed E-state index contributed by atoms with van der Waals surface area (Å²) in [6, 6.07) is 10.0. The molecule has 0 amide bonds. The van der Waals surface area contributed by atoms with E-state index in [2.05, 4.69) is 4.98 Å². The molecule has 0 radical (unpaired) electrons. The third-order valence-electron chi connectivity index (χ3n) is 4.14. The number of fused-ring (bicyclic) bond motifs is 1. The maximum Gasteiger partial charge on any atom is 0.303 e. The highest BCUT2D eigenvalue weighted by molar-refractivity contribution is 5.84. The Balaban J connectivity index is 1.52. The second-order valence-corrected chi connectivity index (χ2v) is 6.15. The van der Waals surface area contributed by atoms with E-state index in [1.165, 1.54) is 25.7 Å². The number of carbonyl (C=O) groups is 1. The summed E-state index contributed by atoms with van der Waals surface area (Å²) in [5, 5.41) is 9.67. The molecule has 0 saturated heterocycles. The number of aromatic nitrogens is 1. The minimum Gasteiger partial charge on any atom is -0.491 e. The molecule has 0 aliphatic heterocycles. The number of hydrogen-bond donors (Lipinski definition) is 1. The van der Waals surface area contributed by atoms with E-state index in [1.807, 2.05) is 30.3 Å². The van der Waals surface area contributed by atoms with Crippen LogP contribution in [-0.2, 0) is 4.79 Å². The Morgan fingerprint density at radius 2 is 1.58 bits per heavy atom. The van der Waals surface area contributed by atoms with E-state index in [1.54, 1.807) is 6.20 Å². The minimum atomic E-state index is -0.684. The summed E-state index contributed by atoms with van der Waals surface area (Å²) in [6.07, 6.45) is 11.0. The third-order valence-corrected chi connectivity index (χ3v) is 4.14. The number of rotatable bonds is 12. The first-order valence-electron chi connectivity index (χ1n) is 8.96. The van der Waals surface area contributed by atoms with E-state index in [9.17, 15) is 4.79 Å². The minimum absolute atomic E-state index is 0.306. The molecule has 0 saturated carbocycles. The highest BCUT2D eigenvalue weighted by Crippen LogP contribution is 2.23. The van der Waals surface area contributed by atoms with Gasteiger partial charge in [0.15, 0.2) is 0 Å². The first-order chi connectivity index (χ1) is 11.8. The van der Waals surface area contributed by atoms with Crippen LogP contribution in [0, 0.1) is 0 Å². The van der Waals surface area contributed by atoms with E-state index in [-0.39, 0.29) is 0 Å². The van der Waals surface area contributed by atoms with E-state index in [0.29, 0.717) is 6.42 Å². The molecule has 2 rings (SSSR count). The molecule has 0 bridgehead atoms. The highest BCUT2D eigenvalue weighted by Gasteiger charge is 2.02. The molecule has 0 spiro atoms. The van der Waals surface area contributed by atoms with Crippen LogP contribution in [0.3, 0.4) is 0 Å². The fourth-order valence-electron chi connectivity index (χ4n) is 2.81. The van der Waals surface area contributed by atoms with Crippen LogP contribution in [0.2, 0.25) is 0 Å². The van der Waals surface area contributed by atoms with Crippen LogP contribution in [0.1, 0.15) is 57.8 Å². The molecular weight excluding hydrogens is 302 g/mol. The first kappa shape index (κ1) is 18.2. The summed E-state index contributed by atoms with van der Waals surface area (Å²) in [5.74, 6) is 0.183. The predicted octanol–water partition coefficient (Wildman–Crippen LogP) is 5.21. The van der Waals surface area contributed by atoms with Crippen LogP contribution in [0.4, 0.5) is 0 Å². The zero-order valence-corrected chi connectivity index (χ0v) is 14.2. The fourth-order valence-corrected chi connectivity index (χ4v) is 2.81. The van der Waals surface area contributed by atoms with Gasteiger partial charge >= 0.3 is 5.97 Å². The number of ether oxygens (including phenoxy) is 1. The quantitative estimate of drug-likeness (QED) is 0.543. The smallest absolute Gasteiger partial charge is 0.303 e. The van der Waals surface area contributed by atoms with Crippen molar-refractivity contribution >= 4 is 16.9 Å². The molecule has 24 heavy (non-hydrogen) atoms. The van der Waals surface area contributed by atoms with Gasteiger partial charge < -0.3 is 9.84 Å². The molecule has 2 aromatic rings. The standard InChI is InChI=1S/C20H27NO3/c22-19(23)14-7-5-3-1-2-4-6-8-16-24-18-13-9-11-17-12-10-15-21-20(17)18/h9-13,15H,1-8,14,16H2,(H,22,23). The van der Waals surface area contributed by atoms with Crippen LogP contribution >= 0.6 is 0 Å². The average molecular weight is 329 g/mol. The molecular formula is C20H27NO3. The molecule has 1 heterocycles. The number of aliphatic carboxylic acids is 1. The second-order valence-electron chi connectivity index (χ2n) is 6.15. The Morgan fingerprint density at radius 3 is 2.33 bits per heavy atom. The van der Waals surface area contributed by atoms with E-state index in [4.69, 9.17) is 9.84 Å². The van der Waals surface area contributed by atoms with Gasteiger partial charge in [-0.25, -0.2) is 0 Å². The number of nitrogens with zero attached hydrogens (tertiary/aromatic N) is 1. The van der Waals surface area contributed by atoms with Gasteiger partial charge in [-0.15, -0.1) is 0 Å². The van der Waals surface area contributed by atoms with Crippen LogP contribution in [0.5, 0.6) is 5.75 Å². The van der Waals surface area contributed by atoms with Crippen molar-refractivity contribution in [3.8, 4) is 5.75 Å². The molecule has 1 aromatic heterocycles. The van der Waals surface area contributed by atoms with Crippen molar-refractivity contribution in [1.29, 1.82) is 0 Å². The lowest BCUT2D eigenvalue weighted by Crippen LogP contribution is -1.98. The number of benzene rings is 1. The Labute approximate surface area is 143 Å². The van der Waals surface area contributed by atoms with Gasteiger partial charge in [0.2, 0.25) is 0 Å². The lowest BCUT2D eigenvalue weighted by molar-refractivity contribution is -0.137. The summed E-state index contributed by atoms with van der Waals surface area (Å²) in [6.45, 7) is 0.730. The molecule has 0 atom stereocenters. The van der Waals surface area contributed by atoms with Gasteiger partial charge in [-0.05, 0) is 25.0 Å². The van der Waals surface area contributed by atoms with Gasteiger partial charge in [0.05, 0.1) is 6.61 Å². The van der Waals surface area contributed by atoms with Crippen LogP contribution in [-0.4, -0.2) is 22.7 Å².